The number of likely N-dealkylation sites (tertiary alicyclic amines) is 1. The third-order valence-corrected chi connectivity index (χ3v) is 5.23. The predicted molar refractivity (Wildman–Crippen MR) is 96.0 cm³/mol. The Balaban J connectivity index is 1.83. The number of piperidine rings is 1. The van der Waals surface area contributed by atoms with Gasteiger partial charge in [0.15, 0.2) is 0 Å². The van der Waals surface area contributed by atoms with Crippen LogP contribution in [0.15, 0.2) is 6.07 Å². The highest BCUT2D eigenvalue weighted by molar-refractivity contribution is 5.96. The van der Waals surface area contributed by atoms with E-state index >= 15 is 0 Å². The van der Waals surface area contributed by atoms with Gasteiger partial charge in [0.05, 0.1) is 7.11 Å². The zero-order valence-corrected chi connectivity index (χ0v) is 15.5. The van der Waals surface area contributed by atoms with Crippen LogP contribution in [0.25, 0.3) is 0 Å². The minimum atomic E-state index is -0.0269. The van der Waals surface area contributed by atoms with Crippen LogP contribution in [0, 0.1) is 11.8 Å². The Labute approximate surface area is 149 Å². The number of nitrogens with zero attached hydrogens (tertiary/aromatic N) is 3. The zero-order chi connectivity index (χ0) is 18.0. The summed E-state index contributed by atoms with van der Waals surface area (Å²) in [6.45, 7) is 2.35. The van der Waals surface area contributed by atoms with Gasteiger partial charge in [0.2, 0.25) is 5.88 Å². The van der Waals surface area contributed by atoms with E-state index in [0.717, 1.165) is 37.9 Å². The molecule has 1 amide bonds. The van der Waals surface area contributed by atoms with Gasteiger partial charge in [0, 0.05) is 31.9 Å². The number of aliphatic hydroxyl groups is 1. The van der Waals surface area contributed by atoms with Crippen molar-refractivity contribution in [2.24, 2.45) is 11.8 Å². The number of aryl methyl sites for hydroxylation is 2. The van der Waals surface area contributed by atoms with E-state index in [1.165, 1.54) is 5.56 Å². The molecule has 2 aliphatic rings. The first kappa shape index (κ1) is 18.1. The van der Waals surface area contributed by atoms with E-state index in [4.69, 9.17) is 4.74 Å². The predicted octanol–water partition coefficient (Wildman–Crippen LogP) is 1.21. The van der Waals surface area contributed by atoms with E-state index in [0.29, 0.717) is 30.5 Å². The molecule has 1 N–H and O–H groups in total. The summed E-state index contributed by atoms with van der Waals surface area (Å²) < 4.78 is 5.41. The Morgan fingerprint density at radius 2 is 2.12 bits per heavy atom. The molecule has 1 aliphatic carbocycles. The molecule has 1 fully saturated rings. The van der Waals surface area contributed by atoms with Crippen LogP contribution in [0.2, 0.25) is 0 Å². The average Bonchev–Trinajstić information content (AvgIpc) is 3.06. The summed E-state index contributed by atoms with van der Waals surface area (Å²) in [6, 6.07) is 1.97. The maximum absolute atomic E-state index is 13.2. The lowest BCUT2D eigenvalue weighted by Crippen LogP contribution is -2.47. The second-order valence-corrected chi connectivity index (χ2v) is 7.63. The topological polar surface area (TPSA) is 65.9 Å². The van der Waals surface area contributed by atoms with Crippen LogP contribution in [-0.2, 0) is 12.8 Å². The summed E-state index contributed by atoms with van der Waals surface area (Å²) in [4.78, 5) is 21.8. The largest absolute Gasteiger partial charge is 0.480 e. The van der Waals surface area contributed by atoms with Crippen molar-refractivity contribution in [3.8, 4) is 5.88 Å². The monoisotopic (exact) mass is 347 g/mol. The molecule has 1 aromatic heterocycles. The second kappa shape index (κ2) is 7.70. The fourth-order valence-electron chi connectivity index (χ4n) is 4.20. The van der Waals surface area contributed by atoms with Gasteiger partial charge in [0.1, 0.15) is 5.56 Å². The van der Waals surface area contributed by atoms with Gasteiger partial charge in [-0.2, -0.15) is 0 Å². The van der Waals surface area contributed by atoms with Crippen molar-refractivity contribution in [2.75, 3.05) is 47.4 Å². The number of amides is 1. The number of hydrogen-bond donors (Lipinski definition) is 1. The first-order valence-corrected chi connectivity index (χ1v) is 9.13. The molecule has 1 aliphatic heterocycles. The quantitative estimate of drug-likeness (QED) is 0.867. The van der Waals surface area contributed by atoms with Gasteiger partial charge >= 0.3 is 0 Å². The molecule has 6 nitrogen and oxygen atoms in total. The van der Waals surface area contributed by atoms with Crippen LogP contribution in [0.3, 0.4) is 0 Å². The number of aromatic nitrogens is 1. The maximum Gasteiger partial charge on any atom is 0.259 e. The van der Waals surface area contributed by atoms with Gasteiger partial charge in [-0.3, -0.25) is 4.79 Å². The van der Waals surface area contributed by atoms with E-state index in [9.17, 15) is 9.90 Å². The lowest BCUT2D eigenvalue weighted by Gasteiger charge is -2.38. The minimum Gasteiger partial charge on any atom is -0.480 e. The molecule has 0 spiro atoms. The maximum atomic E-state index is 13.2. The third-order valence-electron chi connectivity index (χ3n) is 5.23. The first-order chi connectivity index (χ1) is 12.0. The summed E-state index contributed by atoms with van der Waals surface area (Å²) in [5.41, 5.74) is 2.79. The Morgan fingerprint density at radius 1 is 1.36 bits per heavy atom. The zero-order valence-electron chi connectivity index (χ0n) is 15.5. The van der Waals surface area contributed by atoms with E-state index < -0.39 is 0 Å². The molecule has 0 bridgehead atoms. The van der Waals surface area contributed by atoms with Gasteiger partial charge in [-0.15, -0.1) is 0 Å². The van der Waals surface area contributed by atoms with E-state index in [2.05, 4.69) is 9.88 Å². The Morgan fingerprint density at radius 3 is 2.80 bits per heavy atom. The van der Waals surface area contributed by atoms with Gasteiger partial charge in [-0.25, -0.2) is 4.98 Å². The lowest BCUT2D eigenvalue weighted by atomic mass is 9.89. The smallest absolute Gasteiger partial charge is 0.259 e. The van der Waals surface area contributed by atoms with Gasteiger partial charge in [-0.1, -0.05) is 0 Å². The molecular weight excluding hydrogens is 318 g/mol. The molecule has 0 radical (unpaired) electrons. The Bertz CT molecular complexity index is 633. The average molecular weight is 347 g/mol. The first-order valence-electron chi connectivity index (χ1n) is 9.13. The van der Waals surface area contributed by atoms with Crippen molar-refractivity contribution in [2.45, 2.75) is 25.7 Å². The summed E-state index contributed by atoms with van der Waals surface area (Å²) in [5.74, 6) is 0.913. The van der Waals surface area contributed by atoms with E-state index in [1.54, 1.807) is 7.11 Å². The highest BCUT2D eigenvalue weighted by Crippen LogP contribution is 2.29. The molecular formula is C19H29N3O3. The normalized spacial score (nSPS) is 23.0. The number of pyridine rings is 1. The fraction of sp³-hybridized carbons (Fsp3) is 0.684. The lowest BCUT2D eigenvalue weighted by molar-refractivity contribution is 0.0474. The van der Waals surface area contributed by atoms with Crippen LogP contribution in [0.4, 0.5) is 0 Å². The van der Waals surface area contributed by atoms with Crippen LogP contribution in [0.1, 0.15) is 34.5 Å². The number of rotatable bonds is 5. The highest BCUT2D eigenvalue weighted by Gasteiger charge is 2.32. The molecule has 0 saturated carbocycles. The third kappa shape index (κ3) is 3.96. The van der Waals surface area contributed by atoms with Crippen molar-refractivity contribution in [3.05, 3.63) is 22.9 Å². The molecule has 138 valence electrons. The highest BCUT2D eigenvalue weighted by atomic mass is 16.5. The molecule has 3 rings (SSSR count). The molecule has 25 heavy (non-hydrogen) atoms. The second-order valence-electron chi connectivity index (χ2n) is 7.63. The Kier molecular flexibility index (Phi) is 5.59. The minimum absolute atomic E-state index is 0.0269. The summed E-state index contributed by atoms with van der Waals surface area (Å²) in [5, 5.41) is 9.65. The van der Waals surface area contributed by atoms with Gasteiger partial charge in [0.25, 0.3) is 5.91 Å². The summed E-state index contributed by atoms with van der Waals surface area (Å²) in [7, 11) is 5.66. The number of hydrogen-bond acceptors (Lipinski definition) is 5. The van der Waals surface area contributed by atoms with E-state index in [1.807, 2.05) is 25.1 Å². The van der Waals surface area contributed by atoms with Crippen molar-refractivity contribution in [1.29, 1.82) is 0 Å². The molecule has 1 aromatic rings. The summed E-state index contributed by atoms with van der Waals surface area (Å²) >= 11 is 0. The van der Waals surface area contributed by atoms with Crippen molar-refractivity contribution in [3.63, 3.8) is 0 Å². The summed E-state index contributed by atoms with van der Waals surface area (Å²) in [6.07, 6.45) is 3.98. The SMILES string of the molecule is COc1nc2c(cc1C(=O)N1C[C@@H](CN(C)C)C[C@H](CO)C1)CCC2. The number of carbonyl (C=O) groups is 1. The number of carbonyl (C=O) groups excluding carboxylic acids is 1. The number of ether oxygens (including phenoxy) is 1. The van der Waals surface area contributed by atoms with Crippen molar-refractivity contribution >= 4 is 5.91 Å². The van der Waals surface area contributed by atoms with E-state index in [-0.39, 0.29) is 18.4 Å². The van der Waals surface area contributed by atoms with Crippen LogP contribution in [0.5, 0.6) is 5.88 Å². The van der Waals surface area contributed by atoms with Gasteiger partial charge in [-0.05, 0) is 63.2 Å². The van der Waals surface area contributed by atoms with Gasteiger partial charge < -0.3 is 19.6 Å². The number of methoxy groups -OCH3 is 1. The Hall–Kier alpha value is -1.66. The molecule has 0 unspecified atom stereocenters. The molecule has 6 heteroatoms. The molecule has 1 saturated heterocycles. The number of aliphatic hydroxyl groups excluding tert-OH is 1. The van der Waals surface area contributed by atoms with Crippen molar-refractivity contribution in [1.82, 2.24) is 14.8 Å². The molecule has 2 heterocycles. The van der Waals surface area contributed by atoms with Crippen LogP contribution < -0.4 is 4.74 Å². The molecule has 0 aromatic carbocycles. The standard InChI is InChI=1S/C19H29N3O3/c1-21(2)9-13-7-14(12-23)11-22(10-13)19(24)16-8-15-5-4-6-17(15)20-18(16)25-3/h8,13-14,23H,4-7,9-12H2,1-3H3/t13-,14+/m1/s1. The number of fused-ring (bicyclic) bond motifs is 1. The molecule has 2 atom stereocenters. The van der Waals surface area contributed by atoms with Crippen LogP contribution >= 0.6 is 0 Å². The fourth-order valence-corrected chi connectivity index (χ4v) is 4.20. The van der Waals surface area contributed by atoms with Crippen molar-refractivity contribution < 1.29 is 14.6 Å². The van der Waals surface area contributed by atoms with Crippen LogP contribution in [-0.4, -0.2) is 73.2 Å².